The summed E-state index contributed by atoms with van der Waals surface area (Å²) in [6.07, 6.45) is 0.654. The van der Waals surface area contributed by atoms with E-state index in [4.69, 9.17) is 14.5 Å². The van der Waals surface area contributed by atoms with Gasteiger partial charge in [-0.25, -0.2) is 4.98 Å². The number of phenols is 1. The molecule has 1 aromatic heterocycles. The molecule has 2 atom stereocenters. The van der Waals surface area contributed by atoms with Gasteiger partial charge >= 0.3 is 0 Å². The predicted molar refractivity (Wildman–Crippen MR) is 91.1 cm³/mol. The molecule has 1 aliphatic heterocycles. The van der Waals surface area contributed by atoms with Crippen molar-refractivity contribution in [1.82, 2.24) is 4.98 Å². The minimum absolute atomic E-state index is 0.00281. The van der Waals surface area contributed by atoms with E-state index < -0.39 is 0 Å². The quantitative estimate of drug-likeness (QED) is 0.819. The minimum atomic E-state index is -0.302. The van der Waals surface area contributed by atoms with Gasteiger partial charge in [-0.1, -0.05) is 6.92 Å². The molecule has 0 amide bonds. The number of aliphatic imine (C=N–C) groups is 1. The van der Waals surface area contributed by atoms with Gasteiger partial charge in [-0.15, -0.1) is 23.1 Å². The van der Waals surface area contributed by atoms with E-state index in [0.29, 0.717) is 6.61 Å². The number of nitrogens with zero attached hydrogens (tertiary/aromatic N) is 2. The number of ether oxygens (including phenoxy) is 2. The molecule has 0 fully saturated rings. The summed E-state index contributed by atoms with van der Waals surface area (Å²) in [4.78, 5) is 9.31. The second-order valence-electron chi connectivity index (χ2n) is 4.96. The molecule has 118 valence electrons. The van der Waals surface area contributed by atoms with Gasteiger partial charge in [-0.2, -0.15) is 0 Å². The number of fused-ring (bicyclic) bond motifs is 1. The third-order valence-corrected chi connectivity index (χ3v) is 5.50. The highest BCUT2D eigenvalue weighted by Gasteiger charge is 2.29. The third kappa shape index (κ3) is 3.27. The first-order valence-electron chi connectivity index (χ1n) is 7.16. The van der Waals surface area contributed by atoms with E-state index in [1.165, 1.54) is 0 Å². The summed E-state index contributed by atoms with van der Waals surface area (Å²) in [5.74, 6) is 1.09. The van der Waals surface area contributed by atoms with E-state index in [1.54, 1.807) is 42.3 Å². The lowest BCUT2D eigenvalue weighted by atomic mass is 10.3. The smallest absolute Gasteiger partial charge is 0.180 e. The number of phenolic OH excluding ortho intramolecular Hbond substituents is 1. The summed E-state index contributed by atoms with van der Waals surface area (Å²) in [6.45, 7) is 2.74. The van der Waals surface area contributed by atoms with Crippen molar-refractivity contribution in [2.24, 2.45) is 4.99 Å². The standard InChI is InChI=1S/C15H18N2O3S2/c1-3-6-20-15(19-2)11-8-21-13(17-11)14-16-10-5-4-9(18)7-12(10)22-14/h4-5,7,11,15,18H,3,6,8H2,1-2H3. The highest BCUT2D eigenvalue weighted by molar-refractivity contribution is 8.15. The monoisotopic (exact) mass is 338 g/mol. The average molecular weight is 338 g/mol. The molecule has 0 aliphatic carbocycles. The largest absolute Gasteiger partial charge is 0.508 e. The molecule has 0 bridgehead atoms. The van der Waals surface area contributed by atoms with Gasteiger partial charge in [0.15, 0.2) is 6.29 Å². The molecule has 0 radical (unpaired) electrons. The fraction of sp³-hybridized carbons (Fsp3) is 0.467. The predicted octanol–water partition coefficient (Wildman–Crippen LogP) is 3.26. The first-order chi connectivity index (χ1) is 10.7. The number of benzene rings is 1. The van der Waals surface area contributed by atoms with Crippen LogP contribution in [0.25, 0.3) is 10.2 Å². The molecule has 3 rings (SSSR count). The molecule has 5 nitrogen and oxygen atoms in total. The van der Waals surface area contributed by atoms with Crippen molar-refractivity contribution >= 4 is 38.4 Å². The molecule has 2 unspecified atom stereocenters. The van der Waals surface area contributed by atoms with Crippen LogP contribution in [0.5, 0.6) is 5.75 Å². The number of aromatic hydroxyl groups is 1. The van der Waals surface area contributed by atoms with Gasteiger partial charge in [-0.3, -0.25) is 4.99 Å². The second kappa shape index (κ2) is 6.95. The van der Waals surface area contributed by atoms with Crippen LogP contribution in [0.4, 0.5) is 0 Å². The zero-order chi connectivity index (χ0) is 15.5. The zero-order valence-corrected chi connectivity index (χ0v) is 14.1. The lowest BCUT2D eigenvalue weighted by molar-refractivity contribution is -0.131. The van der Waals surface area contributed by atoms with Crippen molar-refractivity contribution in [2.75, 3.05) is 19.5 Å². The molecule has 22 heavy (non-hydrogen) atoms. The van der Waals surface area contributed by atoms with Crippen LogP contribution in [-0.4, -0.2) is 46.9 Å². The Kier molecular flexibility index (Phi) is 4.97. The van der Waals surface area contributed by atoms with Crippen LogP contribution >= 0.6 is 23.1 Å². The molecule has 1 aliphatic rings. The molecular weight excluding hydrogens is 320 g/mol. The van der Waals surface area contributed by atoms with Crippen molar-refractivity contribution in [3.05, 3.63) is 23.2 Å². The summed E-state index contributed by atoms with van der Waals surface area (Å²) >= 11 is 3.22. The van der Waals surface area contributed by atoms with Crippen LogP contribution in [0.1, 0.15) is 18.4 Å². The molecule has 0 saturated heterocycles. The van der Waals surface area contributed by atoms with Crippen molar-refractivity contribution < 1.29 is 14.6 Å². The Bertz CT molecular complexity index is 686. The highest BCUT2D eigenvalue weighted by Crippen LogP contribution is 2.32. The normalized spacial score (nSPS) is 19.5. The van der Waals surface area contributed by atoms with Crippen molar-refractivity contribution in [1.29, 1.82) is 0 Å². The Morgan fingerprint density at radius 1 is 1.45 bits per heavy atom. The number of rotatable bonds is 6. The zero-order valence-electron chi connectivity index (χ0n) is 12.5. The minimum Gasteiger partial charge on any atom is -0.508 e. The van der Waals surface area contributed by atoms with Crippen LogP contribution in [0.2, 0.25) is 0 Å². The topological polar surface area (TPSA) is 63.9 Å². The molecule has 2 aromatic rings. The lowest BCUT2D eigenvalue weighted by Crippen LogP contribution is -2.30. The van der Waals surface area contributed by atoms with E-state index in [9.17, 15) is 5.11 Å². The fourth-order valence-electron chi connectivity index (χ4n) is 2.22. The first kappa shape index (κ1) is 15.7. The van der Waals surface area contributed by atoms with Gasteiger partial charge in [-0.05, 0) is 24.6 Å². The number of methoxy groups -OCH3 is 1. The van der Waals surface area contributed by atoms with E-state index >= 15 is 0 Å². The van der Waals surface area contributed by atoms with E-state index in [-0.39, 0.29) is 18.1 Å². The summed E-state index contributed by atoms with van der Waals surface area (Å²) in [5.41, 5.74) is 0.884. The Balaban J connectivity index is 1.80. The maximum absolute atomic E-state index is 9.54. The third-order valence-electron chi connectivity index (χ3n) is 3.26. The number of hydrogen-bond acceptors (Lipinski definition) is 7. The van der Waals surface area contributed by atoms with Gasteiger partial charge in [0.05, 0.1) is 10.2 Å². The van der Waals surface area contributed by atoms with E-state index in [0.717, 1.165) is 32.4 Å². The fourth-order valence-corrected chi connectivity index (χ4v) is 4.35. The lowest BCUT2D eigenvalue weighted by Gasteiger charge is -2.19. The summed E-state index contributed by atoms with van der Waals surface area (Å²) in [5, 5.41) is 11.4. The van der Waals surface area contributed by atoms with Gasteiger partial charge in [0, 0.05) is 19.5 Å². The summed E-state index contributed by atoms with van der Waals surface area (Å²) in [7, 11) is 1.65. The summed E-state index contributed by atoms with van der Waals surface area (Å²) in [6, 6.07) is 5.20. The SMILES string of the molecule is CCCOC(OC)C1CSC(c2nc3ccc(O)cc3s2)=N1. The molecule has 7 heteroatoms. The van der Waals surface area contributed by atoms with Gasteiger partial charge in [0.25, 0.3) is 0 Å². The van der Waals surface area contributed by atoms with E-state index in [1.807, 2.05) is 6.07 Å². The molecule has 1 N–H and O–H groups in total. The maximum Gasteiger partial charge on any atom is 0.180 e. The van der Waals surface area contributed by atoms with E-state index in [2.05, 4.69) is 11.9 Å². The molecular formula is C15H18N2O3S2. The molecule has 1 aromatic carbocycles. The molecule has 2 heterocycles. The van der Waals surface area contributed by atoms with Crippen LogP contribution in [0.15, 0.2) is 23.2 Å². The van der Waals surface area contributed by atoms with Crippen LogP contribution < -0.4 is 0 Å². The Morgan fingerprint density at radius 2 is 2.32 bits per heavy atom. The van der Waals surface area contributed by atoms with Gasteiger partial charge in [0.2, 0.25) is 0 Å². The Hall–Kier alpha value is -1.15. The van der Waals surface area contributed by atoms with Crippen molar-refractivity contribution in [3.8, 4) is 5.75 Å². The highest BCUT2D eigenvalue weighted by atomic mass is 32.2. The average Bonchev–Trinajstić information content (AvgIpc) is 3.14. The number of thioether (sulfide) groups is 1. The number of hydrogen-bond donors (Lipinski definition) is 1. The first-order valence-corrected chi connectivity index (χ1v) is 8.96. The number of thiazole rings is 1. The van der Waals surface area contributed by atoms with Crippen molar-refractivity contribution in [3.63, 3.8) is 0 Å². The Morgan fingerprint density at radius 3 is 3.09 bits per heavy atom. The van der Waals surface area contributed by atoms with Crippen LogP contribution in [0.3, 0.4) is 0 Å². The summed E-state index contributed by atoms with van der Waals surface area (Å²) < 4.78 is 12.1. The Labute approximate surface area is 137 Å². The number of aromatic nitrogens is 1. The van der Waals surface area contributed by atoms with Crippen molar-refractivity contribution in [2.45, 2.75) is 25.7 Å². The van der Waals surface area contributed by atoms with Gasteiger partial charge < -0.3 is 14.6 Å². The second-order valence-corrected chi connectivity index (χ2v) is 7.00. The molecule has 0 saturated carbocycles. The van der Waals surface area contributed by atoms with Crippen LogP contribution in [-0.2, 0) is 9.47 Å². The van der Waals surface area contributed by atoms with Gasteiger partial charge in [0.1, 0.15) is 21.8 Å². The maximum atomic E-state index is 9.54. The van der Waals surface area contributed by atoms with Crippen LogP contribution in [0, 0.1) is 0 Å². The molecule has 0 spiro atoms.